The molecule has 0 radical (unpaired) electrons. The molecular weight excluding hydrogens is 395 g/mol. The van der Waals surface area contributed by atoms with Gasteiger partial charge in [-0.1, -0.05) is 35.3 Å². The standard InChI is InChI=1S/C18H16Cl2N2O3S/c19-14-4-2-5-15(20)13(14)10-26-11-17(23)22-21-9-12-3-1-6-16-18(12)25-8-7-24-16/h1-6,9H,7-8,10-11H2,(H,22,23)/b21-9-. The van der Waals surface area contributed by atoms with Gasteiger partial charge in [0, 0.05) is 21.4 Å². The Kier molecular flexibility index (Phi) is 6.66. The van der Waals surface area contributed by atoms with E-state index in [1.165, 1.54) is 11.8 Å². The lowest BCUT2D eigenvalue weighted by Crippen LogP contribution is -2.20. The lowest BCUT2D eigenvalue weighted by atomic mass is 10.2. The zero-order valence-electron chi connectivity index (χ0n) is 13.7. The van der Waals surface area contributed by atoms with Gasteiger partial charge in [-0.15, -0.1) is 11.8 Å². The van der Waals surface area contributed by atoms with Crippen LogP contribution in [0.4, 0.5) is 0 Å². The quantitative estimate of drug-likeness (QED) is 0.573. The number of hydrogen-bond donors (Lipinski definition) is 1. The molecule has 8 heteroatoms. The molecule has 2 aromatic carbocycles. The average Bonchev–Trinajstić information content (AvgIpc) is 2.64. The Labute approximate surface area is 165 Å². The first kappa shape index (κ1) is 18.9. The van der Waals surface area contributed by atoms with Gasteiger partial charge < -0.3 is 9.47 Å². The van der Waals surface area contributed by atoms with Crippen molar-refractivity contribution in [3.63, 3.8) is 0 Å². The molecule has 1 aliphatic rings. The number of rotatable bonds is 6. The summed E-state index contributed by atoms with van der Waals surface area (Å²) in [6, 6.07) is 10.9. The van der Waals surface area contributed by atoms with E-state index >= 15 is 0 Å². The molecule has 0 aromatic heterocycles. The Balaban J connectivity index is 1.49. The highest BCUT2D eigenvalue weighted by atomic mass is 35.5. The molecule has 1 heterocycles. The van der Waals surface area contributed by atoms with Crippen LogP contribution in [0.5, 0.6) is 11.5 Å². The number of thioether (sulfide) groups is 1. The highest BCUT2D eigenvalue weighted by Crippen LogP contribution is 2.32. The molecule has 0 bridgehead atoms. The van der Waals surface area contributed by atoms with Crippen LogP contribution in [0.15, 0.2) is 41.5 Å². The zero-order valence-corrected chi connectivity index (χ0v) is 16.0. The summed E-state index contributed by atoms with van der Waals surface area (Å²) in [5.41, 5.74) is 4.07. The number of nitrogens with one attached hydrogen (secondary N) is 1. The Morgan fingerprint density at radius 1 is 1.15 bits per heavy atom. The third kappa shape index (κ3) is 4.84. The first-order valence-corrected chi connectivity index (χ1v) is 9.77. The number of ether oxygens (including phenoxy) is 2. The van der Waals surface area contributed by atoms with Crippen LogP contribution >= 0.6 is 35.0 Å². The number of amides is 1. The van der Waals surface area contributed by atoms with Gasteiger partial charge in [0.15, 0.2) is 11.5 Å². The minimum Gasteiger partial charge on any atom is -0.486 e. The highest BCUT2D eigenvalue weighted by molar-refractivity contribution is 7.99. The molecule has 0 aliphatic carbocycles. The third-order valence-electron chi connectivity index (χ3n) is 3.53. The van der Waals surface area contributed by atoms with Crippen LogP contribution in [0.2, 0.25) is 10.0 Å². The second-order valence-electron chi connectivity index (χ2n) is 5.36. The molecule has 1 aliphatic heterocycles. The normalized spacial score (nSPS) is 13.0. The number of carbonyl (C=O) groups is 1. The van der Waals surface area contributed by atoms with Crippen molar-refractivity contribution in [2.45, 2.75) is 5.75 Å². The summed E-state index contributed by atoms with van der Waals surface area (Å²) in [5.74, 6) is 1.90. The molecule has 136 valence electrons. The maximum atomic E-state index is 11.9. The fourth-order valence-corrected chi connectivity index (χ4v) is 3.88. The van der Waals surface area contributed by atoms with E-state index in [-0.39, 0.29) is 11.7 Å². The van der Waals surface area contributed by atoms with Crippen molar-refractivity contribution in [3.8, 4) is 11.5 Å². The molecule has 1 amide bonds. The summed E-state index contributed by atoms with van der Waals surface area (Å²) in [7, 11) is 0. The van der Waals surface area contributed by atoms with Crippen LogP contribution in [0.25, 0.3) is 0 Å². The number of para-hydroxylation sites is 1. The second-order valence-corrected chi connectivity index (χ2v) is 7.16. The minimum absolute atomic E-state index is 0.212. The molecule has 0 saturated heterocycles. The van der Waals surface area contributed by atoms with Gasteiger partial charge in [0.2, 0.25) is 5.91 Å². The van der Waals surface area contributed by atoms with Crippen LogP contribution in [0, 0.1) is 0 Å². The van der Waals surface area contributed by atoms with Crippen LogP contribution in [-0.4, -0.2) is 31.1 Å². The summed E-state index contributed by atoms with van der Waals surface area (Å²) in [5, 5.41) is 5.18. The second kappa shape index (κ2) is 9.16. The molecule has 0 saturated carbocycles. The van der Waals surface area contributed by atoms with Crippen LogP contribution in [0.1, 0.15) is 11.1 Å². The van der Waals surface area contributed by atoms with E-state index in [0.29, 0.717) is 40.5 Å². The lowest BCUT2D eigenvalue weighted by Gasteiger charge is -2.19. The summed E-state index contributed by atoms with van der Waals surface area (Å²) in [4.78, 5) is 11.9. The molecule has 0 unspecified atom stereocenters. The van der Waals surface area contributed by atoms with Gasteiger partial charge >= 0.3 is 0 Å². The highest BCUT2D eigenvalue weighted by Gasteiger charge is 2.14. The topological polar surface area (TPSA) is 59.9 Å². The summed E-state index contributed by atoms with van der Waals surface area (Å²) in [6.07, 6.45) is 1.54. The van der Waals surface area contributed by atoms with Crippen molar-refractivity contribution in [2.75, 3.05) is 19.0 Å². The first-order chi connectivity index (χ1) is 12.6. The van der Waals surface area contributed by atoms with E-state index < -0.39 is 0 Å². The molecule has 1 N–H and O–H groups in total. The van der Waals surface area contributed by atoms with Gasteiger partial charge in [-0.3, -0.25) is 4.79 Å². The van der Waals surface area contributed by atoms with Crippen molar-refractivity contribution >= 4 is 47.1 Å². The predicted molar refractivity (Wildman–Crippen MR) is 106 cm³/mol. The van der Waals surface area contributed by atoms with Crippen LogP contribution in [-0.2, 0) is 10.5 Å². The smallest absolute Gasteiger partial charge is 0.250 e. The number of hydrazone groups is 1. The van der Waals surface area contributed by atoms with Gasteiger partial charge in [0.05, 0.1) is 12.0 Å². The number of halogens is 2. The molecule has 26 heavy (non-hydrogen) atoms. The van der Waals surface area contributed by atoms with Gasteiger partial charge in [-0.2, -0.15) is 5.10 Å². The monoisotopic (exact) mass is 410 g/mol. The minimum atomic E-state index is -0.212. The molecule has 5 nitrogen and oxygen atoms in total. The number of nitrogens with zero attached hydrogens (tertiary/aromatic N) is 1. The van der Waals surface area contributed by atoms with Gasteiger partial charge in [0.1, 0.15) is 13.2 Å². The van der Waals surface area contributed by atoms with Crippen molar-refractivity contribution in [2.24, 2.45) is 5.10 Å². The van der Waals surface area contributed by atoms with Crippen LogP contribution < -0.4 is 14.9 Å². The Morgan fingerprint density at radius 3 is 2.69 bits per heavy atom. The fourth-order valence-electron chi connectivity index (χ4n) is 2.32. The van der Waals surface area contributed by atoms with E-state index in [9.17, 15) is 4.79 Å². The molecule has 0 atom stereocenters. The first-order valence-electron chi connectivity index (χ1n) is 7.86. The van der Waals surface area contributed by atoms with Crippen molar-refractivity contribution < 1.29 is 14.3 Å². The molecule has 0 fully saturated rings. The number of fused-ring (bicyclic) bond motifs is 1. The largest absolute Gasteiger partial charge is 0.486 e. The summed E-state index contributed by atoms with van der Waals surface area (Å²) in [6.45, 7) is 1.02. The van der Waals surface area contributed by atoms with E-state index in [1.54, 1.807) is 24.4 Å². The summed E-state index contributed by atoms with van der Waals surface area (Å²) >= 11 is 13.6. The average molecular weight is 411 g/mol. The molecule has 3 rings (SSSR count). The predicted octanol–water partition coefficient (Wildman–Crippen LogP) is 4.15. The summed E-state index contributed by atoms with van der Waals surface area (Å²) < 4.78 is 11.1. The van der Waals surface area contributed by atoms with Crippen molar-refractivity contribution in [3.05, 3.63) is 57.6 Å². The maximum absolute atomic E-state index is 11.9. The van der Waals surface area contributed by atoms with Crippen molar-refractivity contribution in [1.29, 1.82) is 0 Å². The van der Waals surface area contributed by atoms with Gasteiger partial charge in [-0.05, 0) is 29.8 Å². The Morgan fingerprint density at radius 2 is 1.88 bits per heavy atom. The van der Waals surface area contributed by atoms with Crippen LogP contribution in [0.3, 0.4) is 0 Å². The van der Waals surface area contributed by atoms with E-state index in [4.69, 9.17) is 32.7 Å². The van der Waals surface area contributed by atoms with E-state index in [1.807, 2.05) is 18.2 Å². The number of benzene rings is 2. The van der Waals surface area contributed by atoms with E-state index in [2.05, 4.69) is 10.5 Å². The molecule has 0 spiro atoms. The molecular formula is C18H16Cl2N2O3S. The van der Waals surface area contributed by atoms with Gasteiger partial charge in [0.25, 0.3) is 0 Å². The lowest BCUT2D eigenvalue weighted by molar-refractivity contribution is -0.118. The fraction of sp³-hybridized carbons (Fsp3) is 0.222. The van der Waals surface area contributed by atoms with Crippen molar-refractivity contribution in [1.82, 2.24) is 5.43 Å². The van der Waals surface area contributed by atoms with Gasteiger partial charge in [-0.25, -0.2) is 5.43 Å². The SMILES string of the molecule is O=C(CSCc1c(Cl)cccc1Cl)N/N=C\c1cccc2c1OCCO2. The molecule has 2 aromatic rings. The zero-order chi connectivity index (χ0) is 18.4. The Bertz CT molecular complexity index is 810. The van der Waals surface area contributed by atoms with E-state index in [0.717, 1.165) is 11.1 Å². The number of carbonyl (C=O) groups excluding carboxylic acids is 1. The number of hydrogen-bond acceptors (Lipinski definition) is 5. The maximum Gasteiger partial charge on any atom is 0.250 e. The third-order valence-corrected chi connectivity index (χ3v) is 5.20. The Hall–Kier alpha value is -1.89.